The van der Waals surface area contributed by atoms with Crippen LogP contribution in [0.25, 0.3) is 0 Å². The van der Waals surface area contributed by atoms with Crippen LogP contribution in [0, 0.1) is 6.92 Å². The first-order valence-electron chi connectivity index (χ1n) is 6.46. The zero-order valence-electron chi connectivity index (χ0n) is 12.6. The lowest BCUT2D eigenvalue weighted by molar-refractivity contribution is 0.323. The lowest BCUT2D eigenvalue weighted by Crippen LogP contribution is -2.29. The van der Waals surface area contributed by atoms with Crippen molar-refractivity contribution in [1.29, 1.82) is 0 Å². The zero-order valence-corrected chi connectivity index (χ0v) is 13.4. The quantitative estimate of drug-likeness (QED) is 0.634. The fraction of sp³-hybridized carbons (Fsp3) is 0.333. The van der Waals surface area contributed by atoms with Crippen molar-refractivity contribution < 1.29 is 14.2 Å². The van der Waals surface area contributed by atoms with Crippen molar-refractivity contribution in [3.63, 3.8) is 0 Å². The van der Waals surface area contributed by atoms with Gasteiger partial charge in [-0.05, 0) is 41.6 Å². The third-order valence-electron chi connectivity index (χ3n) is 3.40. The van der Waals surface area contributed by atoms with E-state index in [1.807, 2.05) is 17.5 Å². The molecule has 0 fully saturated rings. The number of thiophene rings is 1. The molecule has 1 heterocycles. The lowest BCUT2D eigenvalue weighted by atomic mass is 9.99. The first kappa shape index (κ1) is 15.6. The van der Waals surface area contributed by atoms with Crippen LogP contribution in [0.5, 0.6) is 17.2 Å². The molecular weight excluding hydrogens is 288 g/mol. The molecule has 1 unspecified atom stereocenters. The molecule has 0 aliphatic carbocycles. The number of rotatable bonds is 6. The van der Waals surface area contributed by atoms with Gasteiger partial charge in [0.2, 0.25) is 5.75 Å². The Labute approximate surface area is 128 Å². The van der Waals surface area contributed by atoms with Gasteiger partial charge >= 0.3 is 0 Å². The molecule has 0 bridgehead atoms. The molecule has 1 aromatic carbocycles. The summed E-state index contributed by atoms with van der Waals surface area (Å²) < 4.78 is 16.1. The molecular formula is C15H20N2O3S. The van der Waals surface area contributed by atoms with E-state index in [9.17, 15) is 0 Å². The van der Waals surface area contributed by atoms with E-state index in [1.165, 1.54) is 4.88 Å². The van der Waals surface area contributed by atoms with Crippen LogP contribution in [0.1, 0.15) is 22.0 Å². The van der Waals surface area contributed by atoms with Crippen LogP contribution >= 0.6 is 11.3 Å². The highest BCUT2D eigenvalue weighted by molar-refractivity contribution is 7.10. The minimum atomic E-state index is -0.134. The van der Waals surface area contributed by atoms with Crippen molar-refractivity contribution in [3.8, 4) is 17.2 Å². The summed E-state index contributed by atoms with van der Waals surface area (Å²) in [5, 5.41) is 2.05. The predicted octanol–water partition coefficient (Wildman–Crippen LogP) is 2.64. The van der Waals surface area contributed by atoms with E-state index in [-0.39, 0.29) is 6.04 Å². The van der Waals surface area contributed by atoms with Gasteiger partial charge in [0.1, 0.15) is 0 Å². The number of aryl methyl sites for hydroxylation is 1. The van der Waals surface area contributed by atoms with Gasteiger partial charge in [0, 0.05) is 4.88 Å². The van der Waals surface area contributed by atoms with Gasteiger partial charge in [0.05, 0.1) is 27.4 Å². The second kappa shape index (κ2) is 6.80. The Bertz CT molecular complexity index is 588. The van der Waals surface area contributed by atoms with Crippen molar-refractivity contribution in [2.45, 2.75) is 13.0 Å². The number of hydrogen-bond donors (Lipinski definition) is 2. The topological polar surface area (TPSA) is 65.7 Å². The summed E-state index contributed by atoms with van der Waals surface area (Å²) in [6.07, 6.45) is 0. The van der Waals surface area contributed by atoms with E-state index in [2.05, 4.69) is 18.4 Å². The monoisotopic (exact) mass is 308 g/mol. The standard InChI is InChI=1S/C15H20N2O3S/c1-9-11(5-6-21-9)14(17-16)10-7-12(18-2)15(20-4)13(8-10)19-3/h5-8,14,17H,16H2,1-4H3. The second-order valence-electron chi connectivity index (χ2n) is 4.49. The number of ether oxygens (including phenoxy) is 3. The van der Waals surface area contributed by atoms with E-state index < -0.39 is 0 Å². The highest BCUT2D eigenvalue weighted by Crippen LogP contribution is 2.41. The molecule has 0 saturated carbocycles. The third-order valence-corrected chi connectivity index (χ3v) is 4.26. The minimum absolute atomic E-state index is 0.134. The molecule has 114 valence electrons. The van der Waals surface area contributed by atoms with E-state index >= 15 is 0 Å². The van der Waals surface area contributed by atoms with Gasteiger partial charge < -0.3 is 14.2 Å². The van der Waals surface area contributed by atoms with E-state index in [0.29, 0.717) is 17.2 Å². The van der Waals surface area contributed by atoms with Crippen molar-refractivity contribution in [3.05, 3.63) is 39.6 Å². The number of hydrogen-bond acceptors (Lipinski definition) is 6. The SMILES string of the molecule is COc1cc(C(NN)c2ccsc2C)cc(OC)c1OC. The molecule has 0 radical (unpaired) electrons. The van der Waals surface area contributed by atoms with Gasteiger partial charge in [-0.25, -0.2) is 5.43 Å². The maximum atomic E-state index is 5.76. The van der Waals surface area contributed by atoms with Crippen molar-refractivity contribution in [2.24, 2.45) is 5.84 Å². The van der Waals surface area contributed by atoms with Crippen molar-refractivity contribution in [2.75, 3.05) is 21.3 Å². The third kappa shape index (κ3) is 2.97. The highest BCUT2D eigenvalue weighted by atomic mass is 32.1. The van der Waals surface area contributed by atoms with Crippen molar-refractivity contribution in [1.82, 2.24) is 5.43 Å². The molecule has 6 heteroatoms. The fourth-order valence-electron chi connectivity index (χ4n) is 2.33. The molecule has 0 aliphatic rings. The van der Waals surface area contributed by atoms with Crippen LogP contribution in [-0.4, -0.2) is 21.3 Å². The molecule has 0 amide bonds. The molecule has 1 aromatic heterocycles. The molecule has 0 spiro atoms. The van der Waals surface area contributed by atoms with E-state index in [4.69, 9.17) is 20.1 Å². The summed E-state index contributed by atoms with van der Waals surface area (Å²) in [6.45, 7) is 2.07. The van der Waals surface area contributed by atoms with Crippen LogP contribution in [0.3, 0.4) is 0 Å². The summed E-state index contributed by atoms with van der Waals surface area (Å²) >= 11 is 1.69. The molecule has 5 nitrogen and oxygen atoms in total. The van der Waals surface area contributed by atoms with Crippen molar-refractivity contribution >= 4 is 11.3 Å². The number of methoxy groups -OCH3 is 3. The highest BCUT2D eigenvalue weighted by Gasteiger charge is 2.20. The number of benzene rings is 1. The summed E-state index contributed by atoms with van der Waals surface area (Å²) in [6, 6.07) is 5.74. The Morgan fingerprint density at radius 1 is 1.10 bits per heavy atom. The predicted molar refractivity (Wildman–Crippen MR) is 84.3 cm³/mol. The van der Waals surface area contributed by atoms with Crippen LogP contribution < -0.4 is 25.5 Å². The van der Waals surface area contributed by atoms with Gasteiger partial charge in [0.15, 0.2) is 11.5 Å². The molecule has 21 heavy (non-hydrogen) atoms. The summed E-state index contributed by atoms with van der Waals surface area (Å²) in [5.74, 6) is 7.55. The molecule has 2 aromatic rings. The number of nitrogens with one attached hydrogen (secondary N) is 1. The van der Waals surface area contributed by atoms with E-state index in [0.717, 1.165) is 11.1 Å². The second-order valence-corrected chi connectivity index (χ2v) is 5.61. The average molecular weight is 308 g/mol. The Morgan fingerprint density at radius 2 is 1.71 bits per heavy atom. The molecule has 3 N–H and O–H groups in total. The van der Waals surface area contributed by atoms with E-state index in [1.54, 1.807) is 32.7 Å². The minimum Gasteiger partial charge on any atom is -0.493 e. The van der Waals surface area contributed by atoms with Crippen LogP contribution in [0.2, 0.25) is 0 Å². The van der Waals surface area contributed by atoms with Gasteiger partial charge in [-0.2, -0.15) is 0 Å². The Morgan fingerprint density at radius 3 is 2.10 bits per heavy atom. The van der Waals surface area contributed by atoms with Crippen LogP contribution in [0.15, 0.2) is 23.6 Å². The maximum Gasteiger partial charge on any atom is 0.203 e. The van der Waals surface area contributed by atoms with Crippen LogP contribution in [-0.2, 0) is 0 Å². The van der Waals surface area contributed by atoms with Gasteiger partial charge in [0.25, 0.3) is 0 Å². The Balaban J connectivity index is 2.54. The average Bonchev–Trinajstić information content (AvgIpc) is 2.93. The van der Waals surface area contributed by atoms with Crippen LogP contribution in [0.4, 0.5) is 0 Å². The summed E-state index contributed by atoms with van der Waals surface area (Å²) in [7, 11) is 4.78. The first-order chi connectivity index (χ1) is 10.2. The summed E-state index contributed by atoms with van der Waals surface area (Å²) in [4.78, 5) is 1.21. The molecule has 2 rings (SSSR count). The largest absolute Gasteiger partial charge is 0.493 e. The first-order valence-corrected chi connectivity index (χ1v) is 7.34. The van der Waals surface area contributed by atoms with Gasteiger partial charge in [-0.15, -0.1) is 11.3 Å². The lowest BCUT2D eigenvalue weighted by Gasteiger charge is -2.20. The zero-order chi connectivity index (χ0) is 15.4. The number of nitrogens with two attached hydrogens (primary N) is 1. The Hall–Kier alpha value is -1.76. The Kier molecular flexibility index (Phi) is 5.06. The fourth-order valence-corrected chi connectivity index (χ4v) is 3.07. The smallest absolute Gasteiger partial charge is 0.203 e. The van der Waals surface area contributed by atoms with Gasteiger partial charge in [-0.1, -0.05) is 0 Å². The molecule has 0 aliphatic heterocycles. The number of hydrazine groups is 1. The summed E-state index contributed by atoms with van der Waals surface area (Å²) in [5.41, 5.74) is 4.94. The maximum absolute atomic E-state index is 5.76. The molecule has 1 atom stereocenters. The normalized spacial score (nSPS) is 12.0. The van der Waals surface area contributed by atoms with Gasteiger partial charge in [-0.3, -0.25) is 5.84 Å². The molecule has 0 saturated heterocycles.